The van der Waals surface area contributed by atoms with Crippen molar-refractivity contribution in [3.8, 4) is 0 Å². The minimum atomic E-state index is -0.871. The summed E-state index contributed by atoms with van der Waals surface area (Å²) in [5.41, 5.74) is 5.88. The molecule has 0 aromatic carbocycles. The molecule has 8 nitrogen and oxygen atoms in total. The lowest BCUT2D eigenvalue weighted by Gasteiger charge is -2.19. The zero-order valence-electron chi connectivity index (χ0n) is 13.9. The molecule has 0 radical (unpaired) electrons. The van der Waals surface area contributed by atoms with Gasteiger partial charge in [0, 0.05) is 10.6 Å². The van der Waals surface area contributed by atoms with Crippen LogP contribution in [0.1, 0.15) is 33.6 Å². The molecular weight excluding hydrogens is 376 g/mol. The Labute approximate surface area is 157 Å². The van der Waals surface area contributed by atoms with E-state index in [9.17, 15) is 19.2 Å². The highest BCUT2D eigenvalue weighted by molar-refractivity contribution is 7.99. The second-order valence-electron chi connectivity index (χ2n) is 6.68. The first-order chi connectivity index (χ1) is 12.4. The topological polar surface area (TPSA) is 122 Å². The maximum absolute atomic E-state index is 12.6. The number of carbonyl (C=O) groups is 4. The van der Waals surface area contributed by atoms with Gasteiger partial charge in [0.15, 0.2) is 0 Å². The predicted molar refractivity (Wildman–Crippen MR) is 98.4 cm³/mol. The third-order valence-corrected chi connectivity index (χ3v) is 7.39. The average molecular weight is 394 g/mol. The van der Waals surface area contributed by atoms with Crippen LogP contribution in [-0.4, -0.2) is 52.2 Å². The van der Waals surface area contributed by atoms with Gasteiger partial charge >= 0.3 is 6.03 Å². The summed E-state index contributed by atoms with van der Waals surface area (Å²) in [5, 5.41) is 5.80. The monoisotopic (exact) mass is 394 g/mol. The summed E-state index contributed by atoms with van der Waals surface area (Å²) < 4.78 is 0. The lowest BCUT2D eigenvalue weighted by molar-refractivity contribution is -0.133. The van der Waals surface area contributed by atoms with E-state index < -0.39 is 23.4 Å². The van der Waals surface area contributed by atoms with Crippen molar-refractivity contribution in [1.29, 1.82) is 0 Å². The lowest BCUT2D eigenvalue weighted by Crippen LogP contribution is -2.47. The number of nitrogens with one attached hydrogen (secondary N) is 2. The second-order valence-corrected chi connectivity index (χ2v) is 8.89. The Morgan fingerprint density at radius 3 is 2.81 bits per heavy atom. The van der Waals surface area contributed by atoms with Crippen LogP contribution in [0.3, 0.4) is 0 Å². The number of aryl methyl sites for hydroxylation is 1. The van der Waals surface area contributed by atoms with Crippen LogP contribution in [-0.2, 0) is 22.4 Å². The summed E-state index contributed by atoms with van der Waals surface area (Å²) in [6.07, 6.45) is 3.18. The molecule has 1 spiro atoms. The first kappa shape index (κ1) is 17.3. The molecule has 4 N–H and O–H groups in total. The summed E-state index contributed by atoms with van der Waals surface area (Å²) in [7, 11) is 0. The number of hydrogen-bond acceptors (Lipinski definition) is 6. The standard InChI is InChI=1S/C16H18N4O4S2/c17-12(22)11-8-2-1-3-9(8)26-13(11)18-10(21)6-20-14(23)16(19-15(20)24)4-5-25-7-16/h1-7H2,(H2,17,22)(H,18,21)(H,19,24)/t16-/m1/s1. The zero-order valence-corrected chi connectivity index (χ0v) is 15.6. The van der Waals surface area contributed by atoms with Gasteiger partial charge in [0.25, 0.3) is 11.8 Å². The maximum atomic E-state index is 12.6. The van der Waals surface area contributed by atoms with Gasteiger partial charge in [-0.1, -0.05) is 0 Å². The van der Waals surface area contributed by atoms with Gasteiger partial charge in [-0.25, -0.2) is 4.79 Å². The van der Waals surface area contributed by atoms with Gasteiger partial charge in [0.05, 0.1) is 5.56 Å². The number of urea groups is 1. The fourth-order valence-electron chi connectivity index (χ4n) is 3.71. The fourth-order valence-corrected chi connectivity index (χ4v) is 6.35. The minimum Gasteiger partial charge on any atom is -0.365 e. The molecule has 2 fully saturated rings. The Kier molecular flexibility index (Phi) is 4.19. The Balaban J connectivity index is 1.49. The summed E-state index contributed by atoms with van der Waals surface area (Å²) >= 11 is 2.95. The normalized spacial score (nSPS) is 24.2. The van der Waals surface area contributed by atoms with E-state index in [4.69, 9.17) is 5.73 Å². The summed E-state index contributed by atoms with van der Waals surface area (Å²) in [5.74, 6) is -0.116. The number of amides is 5. The lowest BCUT2D eigenvalue weighted by atomic mass is 9.99. The van der Waals surface area contributed by atoms with Crippen molar-refractivity contribution >= 4 is 51.9 Å². The van der Waals surface area contributed by atoms with Crippen LogP contribution in [0.4, 0.5) is 9.80 Å². The molecule has 0 unspecified atom stereocenters. The number of imide groups is 1. The van der Waals surface area contributed by atoms with Crippen molar-refractivity contribution in [2.24, 2.45) is 5.73 Å². The Morgan fingerprint density at radius 1 is 1.31 bits per heavy atom. The van der Waals surface area contributed by atoms with Crippen LogP contribution in [0.5, 0.6) is 0 Å². The first-order valence-corrected chi connectivity index (χ1v) is 10.3. The van der Waals surface area contributed by atoms with E-state index in [1.54, 1.807) is 11.8 Å². The Bertz CT molecular complexity index is 828. The Hall–Kier alpha value is -2.07. The highest BCUT2D eigenvalue weighted by Crippen LogP contribution is 2.39. The van der Waals surface area contributed by atoms with Gasteiger partial charge in [-0.05, 0) is 37.0 Å². The molecule has 0 saturated carbocycles. The number of thiophene rings is 1. The van der Waals surface area contributed by atoms with Gasteiger partial charge in [-0.2, -0.15) is 11.8 Å². The predicted octanol–water partition coefficient (Wildman–Crippen LogP) is 0.702. The quantitative estimate of drug-likeness (QED) is 0.649. The van der Waals surface area contributed by atoms with E-state index >= 15 is 0 Å². The molecule has 2 saturated heterocycles. The van der Waals surface area contributed by atoms with Crippen LogP contribution in [0.15, 0.2) is 0 Å². The molecule has 26 heavy (non-hydrogen) atoms. The number of thioether (sulfide) groups is 1. The third-order valence-electron chi connectivity index (χ3n) is 4.99. The van der Waals surface area contributed by atoms with E-state index in [0.717, 1.165) is 40.4 Å². The van der Waals surface area contributed by atoms with Crippen molar-refractivity contribution < 1.29 is 19.2 Å². The van der Waals surface area contributed by atoms with Gasteiger partial charge in [-0.3, -0.25) is 19.3 Å². The SMILES string of the molecule is NC(=O)c1c(NC(=O)CN2C(=O)N[C@@]3(CCSC3)C2=O)sc2c1CCC2. The first-order valence-electron chi connectivity index (χ1n) is 8.37. The number of nitrogens with zero attached hydrogens (tertiary/aromatic N) is 1. The number of anilines is 1. The fraction of sp³-hybridized carbons (Fsp3) is 0.500. The van der Waals surface area contributed by atoms with E-state index in [1.165, 1.54) is 11.3 Å². The second kappa shape index (κ2) is 6.27. The van der Waals surface area contributed by atoms with Gasteiger partial charge in [-0.15, -0.1) is 11.3 Å². The molecule has 3 heterocycles. The van der Waals surface area contributed by atoms with Gasteiger partial charge in [0.1, 0.15) is 17.1 Å². The van der Waals surface area contributed by atoms with Crippen LogP contribution < -0.4 is 16.4 Å². The van der Waals surface area contributed by atoms with E-state index in [-0.39, 0.29) is 12.5 Å². The van der Waals surface area contributed by atoms with E-state index in [0.29, 0.717) is 22.7 Å². The molecule has 4 rings (SSSR count). The number of fused-ring (bicyclic) bond motifs is 1. The summed E-state index contributed by atoms with van der Waals surface area (Å²) in [4.78, 5) is 51.0. The molecule has 1 atom stereocenters. The average Bonchev–Trinajstić information content (AvgIpc) is 3.30. The third kappa shape index (κ3) is 2.67. The maximum Gasteiger partial charge on any atom is 0.325 e. The van der Waals surface area contributed by atoms with Gasteiger partial charge < -0.3 is 16.4 Å². The minimum absolute atomic E-state index is 0.355. The molecule has 1 aliphatic carbocycles. The van der Waals surface area contributed by atoms with Crippen LogP contribution >= 0.6 is 23.1 Å². The molecule has 138 valence electrons. The van der Waals surface area contributed by atoms with Crippen molar-refractivity contribution in [2.75, 3.05) is 23.4 Å². The van der Waals surface area contributed by atoms with Crippen molar-refractivity contribution in [3.63, 3.8) is 0 Å². The van der Waals surface area contributed by atoms with E-state index in [2.05, 4.69) is 10.6 Å². The van der Waals surface area contributed by atoms with Crippen molar-refractivity contribution in [2.45, 2.75) is 31.2 Å². The molecule has 0 bridgehead atoms. The highest BCUT2D eigenvalue weighted by Gasteiger charge is 2.53. The molecule has 2 aliphatic heterocycles. The highest BCUT2D eigenvalue weighted by atomic mass is 32.2. The smallest absolute Gasteiger partial charge is 0.325 e. The van der Waals surface area contributed by atoms with Crippen LogP contribution in [0.25, 0.3) is 0 Å². The molecule has 10 heteroatoms. The molecular formula is C16H18N4O4S2. The molecule has 1 aromatic heterocycles. The van der Waals surface area contributed by atoms with Crippen molar-refractivity contribution in [1.82, 2.24) is 10.2 Å². The summed E-state index contributed by atoms with van der Waals surface area (Å²) in [6, 6.07) is -0.545. The summed E-state index contributed by atoms with van der Waals surface area (Å²) in [6.45, 7) is -0.377. The molecule has 3 aliphatic rings. The number of hydrogen-bond donors (Lipinski definition) is 3. The van der Waals surface area contributed by atoms with Crippen LogP contribution in [0.2, 0.25) is 0 Å². The van der Waals surface area contributed by atoms with E-state index in [1.807, 2.05) is 0 Å². The number of rotatable bonds is 4. The number of nitrogens with two attached hydrogens (primary N) is 1. The molecule has 5 amide bonds. The number of carbonyl (C=O) groups excluding carboxylic acids is 4. The largest absolute Gasteiger partial charge is 0.365 e. The number of primary amides is 1. The zero-order chi connectivity index (χ0) is 18.5. The van der Waals surface area contributed by atoms with Crippen LogP contribution in [0, 0.1) is 0 Å². The molecule has 1 aromatic rings. The van der Waals surface area contributed by atoms with Gasteiger partial charge in [0.2, 0.25) is 5.91 Å². The van der Waals surface area contributed by atoms with Crippen molar-refractivity contribution in [3.05, 3.63) is 16.0 Å². The Morgan fingerprint density at radius 2 is 2.12 bits per heavy atom.